The van der Waals surface area contributed by atoms with Gasteiger partial charge >= 0.3 is 6.09 Å². The van der Waals surface area contributed by atoms with Gasteiger partial charge in [-0.15, -0.1) is 0 Å². The summed E-state index contributed by atoms with van der Waals surface area (Å²) in [5.41, 5.74) is 3.54. The predicted molar refractivity (Wildman–Crippen MR) is 79.8 cm³/mol. The maximum atomic E-state index is 10.6. The number of hydrogen-bond donors (Lipinski definition) is 2. The van der Waals surface area contributed by atoms with Crippen LogP contribution in [0.1, 0.15) is 16.7 Å². The van der Waals surface area contributed by atoms with E-state index >= 15 is 0 Å². The highest BCUT2D eigenvalue weighted by Gasteiger charge is 2.25. The highest BCUT2D eigenvalue weighted by molar-refractivity contribution is 5.64. The molecule has 0 spiro atoms. The van der Waals surface area contributed by atoms with E-state index in [0.717, 1.165) is 29.7 Å². The standard InChI is InChI=1S/C17H17NO3/c19-17(20)18-11-15-10-14-8-4-7-13(16(14)21-15)9-12-5-2-1-3-6-12/h1-8,15,18H,9-11H2,(H,19,20). The summed E-state index contributed by atoms with van der Waals surface area (Å²) >= 11 is 0. The molecule has 0 aliphatic carbocycles. The van der Waals surface area contributed by atoms with Crippen molar-refractivity contribution in [2.45, 2.75) is 18.9 Å². The van der Waals surface area contributed by atoms with Crippen molar-refractivity contribution in [3.8, 4) is 5.75 Å². The summed E-state index contributed by atoms with van der Waals surface area (Å²) in [6.45, 7) is 0.314. The van der Waals surface area contributed by atoms with Crippen LogP contribution < -0.4 is 10.1 Å². The van der Waals surface area contributed by atoms with Crippen molar-refractivity contribution < 1.29 is 14.6 Å². The van der Waals surface area contributed by atoms with Crippen LogP contribution in [0.25, 0.3) is 0 Å². The minimum atomic E-state index is -1.01. The minimum Gasteiger partial charge on any atom is -0.488 e. The Labute approximate surface area is 123 Å². The molecule has 0 bridgehead atoms. The molecule has 3 rings (SSSR count). The van der Waals surface area contributed by atoms with Gasteiger partial charge in [0.05, 0.1) is 6.54 Å². The van der Waals surface area contributed by atoms with Gasteiger partial charge in [0.25, 0.3) is 0 Å². The molecule has 2 aromatic carbocycles. The summed E-state index contributed by atoms with van der Waals surface area (Å²) in [5.74, 6) is 0.915. The van der Waals surface area contributed by atoms with Crippen LogP contribution in [0.2, 0.25) is 0 Å². The first-order valence-corrected chi connectivity index (χ1v) is 7.00. The van der Waals surface area contributed by atoms with Crippen molar-refractivity contribution in [3.63, 3.8) is 0 Å². The molecule has 1 heterocycles. The Morgan fingerprint density at radius 1 is 1.19 bits per heavy atom. The van der Waals surface area contributed by atoms with Crippen LogP contribution in [-0.4, -0.2) is 23.8 Å². The van der Waals surface area contributed by atoms with Gasteiger partial charge in [-0.05, 0) is 16.7 Å². The Bertz CT molecular complexity index is 640. The number of ether oxygens (including phenoxy) is 1. The van der Waals surface area contributed by atoms with Gasteiger partial charge in [0, 0.05) is 12.8 Å². The van der Waals surface area contributed by atoms with E-state index < -0.39 is 6.09 Å². The summed E-state index contributed by atoms with van der Waals surface area (Å²) < 4.78 is 5.93. The smallest absolute Gasteiger partial charge is 0.404 e. The van der Waals surface area contributed by atoms with Crippen molar-refractivity contribution in [1.29, 1.82) is 0 Å². The highest BCUT2D eigenvalue weighted by Crippen LogP contribution is 2.33. The average Bonchev–Trinajstić information content (AvgIpc) is 2.90. The summed E-state index contributed by atoms with van der Waals surface area (Å²) in [6.07, 6.45) is 0.438. The van der Waals surface area contributed by atoms with Crippen molar-refractivity contribution in [2.75, 3.05) is 6.54 Å². The molecule has 1 aliphatic rings. The van der Waals surface area contributed by atoms with Crippen molar-refractivity contribution in [2.24, 2.45) is 0 Å². The van der Waals surface area contributed by atoms with Crippen LogP contribution in [-0.2, 0) is 12.8 Å². The van der Waals surface area contributed by atoms with E-state index in [1.165, 1.54) is 5.56 Å². The number of carboxylic acid groups (broad SMARTS) is 1. The number of carbonyl (C=O) groups is 1. The quantitative estimate of drug-likeness (QED) is 0.907. The van der Waals surface area contributed by atoms with Crippen LogP contribution in [0.5, 0.6) is 5.75 Å². The lowest BCUT2D eigenvalue weighted by molar-refractivity contribution is 0.180. The Balaban J connectivity index is 1.75. The normalized spacial score (nSPS) is 16.1. The van der Waals surface area contributed by atoms with Gasteiger partial charge in [0.1, 0.15) is 11.9 Å². The molecule has 4 nitrogen and oxygen atoms in total. The van der Waals surface area contributed by atoms with Gasteiger partial charge in [0.15, 0.2) is 0 Å². The third kappa shape index (κ3) is 3.16. The van der Waals surface area contributed by atoms with E-state index in [2.05, 4.69) is 23.5 Å². The molecule has 108 valence electrons. The lowest BCUT2D eigenvalue weighted by Crippen LogP contribution is -2.33. The largest absolute Gasteiger partial charge is 0.488 e. The van der Waals surface area contributed by atoms with Crippen LogP contribution >= 0.6 is 0 Å². The molecule has 2 aromatic rings. The molecule has 21 heavy (non-hydrogen) atoms. The molecule has 1 aliphatic heterocycles. The third-order valence-electron chi connectivity index (χ3n) is 3.63. The molecule has 0 fully saturated rings. The lowest BCUT2D eigenvalue weighted by Gasteiger charge is -2.12. The summed E-state index contributed by atoms with van der Waals surface area (Å²) in [6, 6.07) is 16.4. The molecule has 1 atom stereocenters. The van der Waals surface area contributed by atoms with Crippen molar-refractivity contribution >= 4 is 6.09 Å². The molecule has 0 saturated carbocycles. The van der Waals surface area contributed by atoms with E-state index in [4.69, 9.17) is 9.84 Å². The van der Waals surface area contributed by atoms with E-state index in [0.29, 0.717) is 6.54 Å². The number of amides is 1. The summed E-state index contributed by atoms with van der Waals surface area (Å²) in [5, 5.41) is 11.1. The van der Waals surface area contributed by atoms with Gasteiger partial charge in [-0.3, -0.25) is 0 Å². The first kappa shape index (κ1) is 13.5. The number of hydrogen-bond acceptors (Lipinski definition) is 2. The second kappa shape index (κ2) is 5.87. The molecule has 4 heteroatoms. The maximum Gasteiger partial charge on any atom is 0.404 e. The predicted octanol–water partition coefficient (Wildman–Crippen LogP) is 2.85. The van der Waals surface area contributed by atoms with Gasteiger partial charge in [0.2, 0.25) is 0 Å². The number of fused-ring (bicyclic) bond motifs is 1. The zero-order valence-corrected chi connectivity index (χ0v) is 11.6. The van der Waals surface area contributed by atoms with E-state index in [-0.39, 0.29) is 6.10 Å². The molecular weight excluding hydrogens is 266 g/mol. The van der Waals surface area contributed by atoms with Gasteiger partial charge < -0.3 is 15.2 Å². The summed E-state index contributed by atoms with van der Waals surface area (Å²) in [7, 11) is 0. The van der Waals surface area contributed by atoms with Crippen LogP contribution in [0, 0.1) is 0 Å². The van der Waals surface area contributed by atoms with E-state index in [9.17, 15) is 4.79 Å². The number of nitrogens with one attached hydrogen (secondary N) is 1. The zero-order chi connectivity index (χ0) is 14.7. The average molecular weight is 283 g/mol. The van der Waals surface area contributed by atoms with Gasteiger partial charge in [-0.1, -0.05) is 48.5 Å². The fraction of sp³-hybridized carbons (Fsp3) is 0.235. The van der Waals surface area contributed by atoms with Crippen LogP contribution in [0.3, 0.4) is 0 Å². The van der Waals surface area contributed by atoms with Gasteiger partial charge in [-0.2, -0.15) is 0 Å². The van der Waals surface area contributed by atoms with Gasteiger partial charge in [-0.25, -0.2) is 4.79 Å². The van der Waals surface area contributed by atoms with Crippen molar-refractivity contribution in [1.82, 2.24) is 5.32 Å². The molecule has 1 amide bonds. The summed E-state index contributed by atoms with van der Waals surface area (Å²) in [4.78, 5) is 10.6. The molecule has 0 saturated heterocycles. The number of rotatable bonds is 4. The molecule has 0 aromatic heterocycles. The first-order chi connectivity index (χ1) is 10.2. The SMILES string of the molecule is O=C(O)NCC1Cc2cccc(Cc3ccccc3)c2O1. The minimum absolute atomic E-state index is 0.118. The molecule has 1 unspecified atom stereocenters. The van der Waals surface area contributed by atoms with Crippen LogP contribution in [0.4, 0.5) is 4.79 Å². The maximum absolute atomic E-state index is 10.6. The second-order valence-corrected chi connectivity index (χ2v) is 5.20. The Hall–Kier alpha value is -2.49. The van der Waals surface area contributed by atoms with E-state index in [1.54, 1.807) is 0 Å². The fourth-order valence-corrected chi connectivity index (χ4v) is 2.67. The van der Waals surface area contributed by atoms with E-state index in [1.807, 2.05) is 30.3 Å². The molecule has 2 N–H and O–H groups in total. The zero-order valence-electron chi connectivity index (χ0n) is 11.6. The monoisotopic (exact) mass is 283 g/mol. The topological polar surface area (TPSA) is 58.6 Å². The number of para-hydroxylation sites is 1. The molecule has 0 radical (unpaired) electrons. The fourth-order valence-electron chi connectivity index (χ4n) is 2.67. The van der Waals surface area contributed by atoms with Crippen molar-refractivity contribution in [3.05, 3.63) is 65.2 Å². The Morgan fingerprint density at radius 2 is 2.00 bits per heavy atom. The van der Waals surface area contributed by atoms with Crippen LogP contribution in [0.15, 0.2) is 48.5 Å². The number of benzene rings is 2. The first-order valence-electron chi connectivity index (χ1n) is 7.00. The highest BCUT2D eigenvalue weighted by atomic mass is 16.5. The lowest BCUT2D eigenvalue weighted by atomic mass is 10.0. The molecular formula is C17H17NO3. The third-order valence-corrected chi connectivity index (χ3v) is 3.63. The Morgan fingerprint density at radius 3 is 2.76 bits per heavy atom. The Kier molecular flexibility index (Phi) is 3.77. The second-order valence-electron chi connectivity index (χ2n) is 5.20.